The summed E-state index contributed by atoms with van der Waals surface area (Å²) in [5.41, 5.74) is -1.19. The molecule has 0 saturated heterocycles. The van der Waals surface area contributed by atoms with Crippen LogP contribution in [0.25, 0.3) is 0 Å². The molecule has 0 saturated carbocycles. The second-order valence-corrected chi connectivity index (χ2v) is 3.39. The lowest BCUT2D eigenvalue weighted by Gasteiger charge is -2.20. The summed E-state index contributed by atoms with van der Waals surface area (Å²) in [6.45, 7) is 2.79. The van der Waals surface area contributed by atoms with E-state index in [2.05, 4.69) is 4.98 Å². The van der Waals surface area contributed by atoms with Crippen molar-refractivity contribution in [2.45, 2.75) is 19.4 Å². The maximum Gasteiger partial charge on any atom is 0.347 e. The van der Waals surface area contributed by atoms with Crippen LogP contribution < -0.4 is 4.74 Å². The molecule has 5 nitrogen and oxygen atoms in total. The van der Waals surface area contributed by atoms with Gasteiger partial charge in [0.1, 0.15) is 11.6 Å². The van der Waals surface area contributed by atoms with E-state index < -0.39 is 11.6 Å². The molecule has 1 rings (SSSR count). The molecule has 5 heteroatoms. The van der Waals surface area contributed by atoms with Crippen LogP contribution in [0.4, 0.5) is 0 Å². The predicted octanol–water partition coefficient (Wildman–Crippen LogP) is 1.20. The highest BCUT2D eigenvalue weighted by molar-refractivity contribution is 5.76. The van der Waals surface area contributed by atoms with Crippen molar-refractivity contribution in [2.24, 2.45) is 0 Å². The first-order chi connectivity index (χ1) is 6.97. The highest BCUT2D eigenvalue weighted by Gasteiger charge is 2.30. The Bertz CT molecular complexity index is 421. The average Bonchev–Trinajstić information content (AvgIpc) is 2.18. The third-order valence-electron chi connectivity index (χ3n) is 1.76. The van der Waals surface area contributed by atoms with Gasteiger partial charge in [0.2, 0.25) is 11.5 Å². The zero-order valence-electron chi connectivity index (χ0n) is 8.39. The first kappa shape index (κ1) is 11.0. The Labute approximate surface area is 86.9 Å². The fourth-order valence-electron chi connectivity index (χ4n) is 0.843. The molecule has 1 aromatic heterocycles. The Morgan fingerprint density at radius 2 is 2.33 bits per heavy atom. The first-order valence-corrected chi connectivity index (χ1v) is 4.25. The quantitative estimate of drug-likeness (QED) is 0.803. The van der Waals surface area contributed by atoms with Crippen LogP contribution in [0.15, 0.2) is 18.3 Å². The molecule has 0 atom stereocenters. The van der Waals surface area contributed by atoms with Gasteiger partial charge >= 0.3 is 5.97 Å². The molecule has 1 heterocycles. The van der Waals surface area contributed by atoms with Gasteiger partial charge in [-0.1, -0.05) is 0 Å². The van der Waals surface area contributed by atoms with E-state index in [9.17, 15) is 4.79 Å². The molecule has 78 valence electrons. The topological polar surface area (TPSA) is 83.2 Å². The molecule has 0 unspecified atom stereocenters. The monoisotopic (exact) mass is 206 g/mol. The van der Waals surface area contributed by atoms with E-state index in [0.29, 0.717) is 0 Å². The van der Waals surface area contributed by atoms with Crippen molar-refractivity contribution in [3.05, 3.63) is 23.9 Å². The van der Waals surface area contributed by atoms with Gasteiger partial charge in [-0.3, -0.25) is 0 Å². The van der Waals surface area contributed by atoms with Crippen LogP contribution in [0.2, 0.25) is 0 Å². The highest BCUT2D eigenvalue weighted by Crippen LogP contribution is 2.19. The molecule has 0 aromatic carbocycles. The van der Waals surface area contributed by atoms with Crippen LogP contribution in [0.1, 0.15) is 19.4 Å². The van der Waals surface area contributed by atoms with Crippen LogP contribution in [0, 0.1) is 11.3 Å². The smallest absolute Gasteiger partial charge is 0.347 e. The molecular formula is C10H10N2O3. The van der Waals surface area contributed by atoms with Crippen LogP contribution >= 0.6 is 0 Å². The molecule has 15 heavy (non-hydrogen) atoms. The number of carbonyl (C=O) groups is 1. The van der Waals surface area contributed by atoms with Crippen LogP contribution in [-0.4, -0.2) is 21.7 Å². The third kappa shape index (κ3) is 2.44. The Balaban J connectivity index is 3.00. The SMILES string of the molecule is CC(C)(Oc1ncccc1C#N)C(=O)O. The molecule has 0 aliphatic heterocycles. The Hall–Kier alpha value is -2.09. The van der Waals surface area contributed by atoms with Gasteiger partial charge in [-0.25, -0.2) is 9.78 Å². The fourth-order valence-corrected chi connectivity index (χ4v) is 0.843. The predicted molar refractivity (Wildman–Crippen MR) is 51.3 cm³/mol. The number of ether oxygens (including phenoxy) is 1. The third-order valence-corrected chi connectivity index (χ3v) is 1.76. The summed E-state index contributed by atoms with van der Waals surface area (Å²) in [6.07, 6.45) is 1.44. The van der Waals surface area contributed by atoms with E-state index in [4.69, 9.17) is 15.1 Å². The van der Waals surface area contributed by atoms with Crippen LogP contribution in [0.5, 0.6) is 5.88 Å². The van der Waals surface area contributed by atoms with E-state index >= 15 is 0 Å². The number of nitriles is 1. The van der Waals surface area contributed by atoms with E-state index in [1.54, 1.807) is 6.07 Å². The first-order valence-electron chi connectivity index (χ1n) is 4.25. The molecule has 0 aliphatic rings. The Morgan fingerprint density at radius 3 is 2.87 bits per heavy atom. The number of carboxylic acid groups (broad SMARTS) is 1. The van der Waals surface area contributed by atoms with Crippen molar-refractivity contribution in [2.75, 3.05) is 0 Å². The van der Waals surface area contributed by atoms with Gasteiger partial charge in [0.15, 0.2) is 0 Å². The van der Waals surface area contributed by atoms with Gasteiger partial charge < -0.3 is 9.84 Å². The molecule has 0 aliphatic carbocycles. The summed E-state index contributed by atoms with van der Waals surface area (Å²) in [5, 5.41) is 17.6. The summed E-state index contributed by atoms with van der Waals surface area (Å²) in [4.78, 5) is 14.6. The number of aromatic nitrogens is 1. The summed E-state index contributed by atoms with van der Waals surface area (Å²) in [5.74, 6) is -1.08. The summed E-state index contributed by atoms with van der Waals surface area (Å²) in [6, 6.07) is 4.97. The molecule has 1 aromatic rings. The number of hydrogen-bond donors (Lipinski definition) is 1. The minimum absolute atomic E-state index is 0.0346. The lowest BCUT2D eigenvalue weighted by atomic mass is 10.1. The molecule has 0 bridgehead atoms. The minimum atomic E-state index is -1.40. The zero-order chi connectivity index (χ0) is 11.5. The normalized spacial score (nSPS) is 10.5. The number of pyridine rings is 1. The van der Waals surface area contributed by atoms with Crippen molar-refractivity contribution < 1.29 is 14.6 Å². The van der Waals surface area contributed by atoms with E-state index in [0.717, 1.165) is 0 Å². The lowest BCUT2D eigenvalue weighted by Crippen LogP contribution is -2.38. The van der Waals surface area contributed by atoms with Crippen molar-refractivity contribution in [1.29, 1.82) is 5.26 Å². The molecule has 0 radical (unpaired) electrons. The number of carboxylic acids is 1. The van der Waals surface area contributed by atoms with E-state index in [1.807, 2.05) is 6.07 Å². The van der Waals surface area contributed by atoms with Gasteiger partial charge in [0.05, 0.1) is 0 Å². The van der Waals surface area contributed by atoms with E-state index in [-0.39, 0.29) is 11.4 Å². The lowest BCUT2D eigenvalue weighted by molar-refractivity contribution is -0.152. The highest BCUT2D eigenvalue weighted by atomic mass is 16.5. The average molecular weight is 206 g/mol. The van der Waals surface area contributed by atoms with Gasteiger partial charge in [-0.05, 0) is 26.0 Å². The molecule has 0 amide bonds. The van der Waals surface area contributed by atoms with E-state index in [1.165, 1.54) is 26.1 Å². The minimum Gasteiger partial charge on any atom is -0.478 e. The van der Waals surface area contributed by atoms with Crippen molar-refractivity contribution in [1.82, 2.24) is 4.98 Å². The molecule has 1 N–H and O–H groups in total. The van der Waals surface area contributed by atoms with Crippen molar-refractivity contribution >= 4 is 5.97 Å². The fraction of sp³-hybridized carbons (Fsp3) is 0.300. The maximum absolute atomic E-state index is 10.8. The van der Waals surface area contributed by atoms with Crippen molar-refractivity contribution in [3.63, 3.8) is 0 Å². The second kappa shape index (κ2) is 3.96. The molecule has 0 fully saturated rings. The standard InChI is InChI=1S/C10H10N2O3/c1-10(2,9(13)14)15-8-7(6-11)4-3-5-12-8/h3-5H,1-2H3,(H,13,14). The molecular weight excluding hydrogens is 196 g/mol. The van der Waals surface area contributed by atoms with Crippen LogP contribution in [-0.2, 0) is 4.79 Å². The molecule has 0 spiro atoms. The van der Waals surface area contributed by atoms with Crippen molar-refractivity contribution in [3.8, 4) is 11.9 Å². The number of hydrogen-bond acceptors (Lipinski definition) is 4. The Morgan fingerprint density at radius 1 is 1.67 bits per heavy atom. The summed E-state index contributed by atoms with van der Waals surface area (Å²) < 4.78 is 5.15. The summed E-state index contributed by atoms with van der Waals surface area (Å²) in [7, 11) is 0. The number of nitrogens with zero attached hydrogens (tertiary/aromatic N) is 2. The Kier molecular flexibility index (Phi) is 2.90. The van der Waals surface area contributed by atoms with Gasteiger partial charge in [0.25, 0.3) is 0 Å². The van der Waals surface area contributed by atoms with Gasteiger partial charge in [-0.15, -0.1) is 0 Å². The van der Waals surface area contributed by atoms with Gasteiger partial charge in [0, 0.05) is 6.20 Å². The number of rotatable bonds is 3. The summed E-state index contributed by atoms with van der Waals surface area (Å²) >= 11 is 0. The van der Waals surface area contributed by atoms with Gasteiger partial charge in [-0.2, -0.15) is 5.26 Å². The number of aliphatic carboxylic acids is 1. The van der Waals surface area contributed by atoms with Crippen LogP contribution in [0.3, 0.4) is 0 Å². The maximum atomic E-state index is 10.8. The zero-order valence-corrected chi connectivity index (χ0v) is 8.39. The second-order valence-electron chi connectivity index (χ2n) is 3.39. The largest absolute Gasteiger partial charge is 0.478 e.